The molecule has 7 heteroatoms. The van der Waals surface area contributed by atoms with Crippen molar-refractivity contribution in [3.63, 3.8) is 0 Å². The monoisotopic (exact) mass is 461 g/mol. The minimum atomic E-state index is -0.313. The summed E-state index contributed by atoms with van der Waals surface area (Å²) in [5.41, 5.74) is 5.49. The van der Waals surface area contributed by atoms with E-state index in [0.29, 0.717) is 12.4 Å². The van der Waals surface area contributed by atoms with Gasteiger partial charge in [0.15, 0.2) is 0 Å². The van der Waals surface area contributed by atoms with Crippen molar-refractivity contribution < 1.29 is 9.59 Å². The number of nitrogens with one attached hydrogen (secondary N) is 2. The van der Waals surface area contributed by atoms with Gasteiger partial charge in [0.1, 0.15) is 12.4 Å². The van der Waals surface area contributed by atoms with E-state index in [1.165, 1.54) is 4.90 Å². The first-order chi connectivity index (χ1) is 16.0. The third kappa shape index (κ3) is 6.04. The molecule has 2 N–H and O–H groups in total. The fourth-order valence-corrected chi connectivity index (χ4v) is 3.62. The smallest absolute Gasteiger partial charge is 0.315 e. The largest absolute Gasteiger partial charge is 0.322 e. The van der Waals surface area contributed by atoms with Crippen LogP contribution in [0.4, 0.5) is 16.3 Å². The molecule has 0 aliphatic carbocycles. The van der Waals surface area contributed by atoms with Crippen molar-refractivity contribution in [1.82, 2.24) is 14.7 Å². The molecule has 1 heterocycles. The number of nitrogens with zero attached hydrogens (tertiary/aromatic N) is 3. The molecule has 0 bridgehead atoms. The van der Waals surface area contributed by atoms with E-state index >= 15 is 0 Å². The highest BCUT2D eigenvalue weighted by Gasteiger charge is 2.23. The average molecular weight is 462 g/mol. The van der Waals surface area contributed by atoms with Gasteiger partial charge in [-0.1, -0.05) is 50.6 Å². The lowest BCUT2D eigenvalue weighted by Crippen LogP contribution is -2.40. The van der Waals surface area contributed by atoms with Crippen LogP contribution >= 0.6 is 0 Å². The molecule has 0 saturated heterocycles. The number of likely N-dealkylation sites (N-methyl/N-ethyl adjacent to an activating group) is 1. The van der Waals surface area contributed by atoms with Crippen molar-refractivity contribution in [2.45, 2.75) is 53.9 Å². The molecule has 180 valence electrons. The molecule has 7 nitrogen and oxygen atoms in total. The average Bonchev–Trinajstić information content (AvgIpc) is 3.18. The maximum atomic E-state index is 13.0. The molecule has 2 aromatic carbocycles. The van der Waals surface area contributed by atoms with Gasteiger partial charge in [0, 0.05) is 23.7 Å². The molecule has 0 radical (unpaired) electrons. The third-order valence-corrected chi connectivity index (χ3v) is 5.62. The van der Waals surface area contributed by atoms with Gasteiger partial charge < -0.3 is 15.5 Å². The van der Waals surface area contributed by atoms with Crippen molar-refractivity contribution in [2.75, 3.05) is 23.7 Å². The molecule has 0 atom stereocenters. The molecule has 1 aromatic heterocycles. The van der Waals surface area contributed by atoms with Gasteiger partial charge in [-0.3, -0.25) is 4.79 Å². The van der Waals surface area contributed by atoms with Crippen molar-refractivity contribution in [2.24, 2.45) is 0 Å². The predicted octanol–water partition coefficient (Wildman–Crippen LogP) is 5.59. The van der Waals surface area contributed by atoms with Gasteiger partial charge >= 0.3 is 6.03 Å². The van der Waals surface area contributed by atoms with Crippen LogP contribution in [-0.2, 0) is 10.2 Å². The third-order valence-electron chi connectivity index (χ3n) is 5.62. The highest BCUT2D eigenvalue weighted by molar-refractivity contribution is 5.97. The Kier molecular flexibility index (Phi) is 7.44. The second-order valence-electron chi connectivity index (χ2n) is 9.73. The van der Waals surface area contributed by atoms with E-state index in [2.05, 4.69) is 31.4 Å². The molecule has 0 spiro atoms. The van der Waals surface area contributed by atoms with Crippen LogP contribution in [0, 0.1) is 20.8 Å². The minimum Gasteiger partial charge on any atom is -0.315 e. The van der Waals surface area contributed by atoms with E-state index in [1.807, 2.05) is 76.2 Å². The second-order valence-corrected chi connectivity index (χ2v) is 9.73. The van der Waals surface area contributed by atoms with Crippen LogP contribution in [0.2, 0.25) is 0 Å². The fourth-order valence-electron chi connectivity index (χ4n) is 3.62. The van der Waals surface area contributed by atoms with E-state index in [1.54, 1.807) is 4.68 Å². The van der Waals surface area contributed by atoms with Gasteiger partial charge in [-0.2, -0.15) is 5.10 Å². The van der Waals surface area contributed by atoms with Crippen molar-refractivity contribution in [3.05, 3.63) is 70.9 Å². The summed E-state index contributed by atoms with van der Waals surface area (Å²) in [6.45, 7) is 14.4. The summed E-state index contributed by atoms with van der Waals surface area (Å²) < 4.78 is 1.75. The van der Waals surface area contributed by atoms with Crippen molar-refractivity contribution in [1.29, 1.82) is 0 Å². The summed E-state index contributed by atoms with van der Waals surface area (Å²) in [5.74, 6) is 0.290. The Morgan fingerprint density at radius 3 is 2.29 bits per heavy atom. The quantitative estimate of drug-likeness (QED) is 0.502. The Bertz CT molecular complexity index is 1190. The summed E-state index contributed by atoms with van der Waals surface area (Å²) >= 11 is 0. The molecule has 0 fully saturated rings. The van der Waals surface area contributed by atoms with E-state index in [0.717, 1.165) is 33.8 Å². The lowest BCUT2D eigenvalue weighted by atomic mass is 9.92. The number of benzene rings is 2. The number of amides is 3. The zero-order valence-corrected chi connectivity index (χ0v) is 21.2. The number of aryl methyl sites for hydroxylation is 3. The maximum absolute atomic E-state index is 13.0. The van der Waals surface area contributed by atoms with E-state index < -0.39 is 0 Å². The first kappa shape index (κ1) is 25.0. The topological polar surface area (TPSA) is 79.3 Å². The molecule has 3 aromatic rings. The van der Waals surface area contributed by atoms with Gasteiger partial charge in [0.05, 0.1) is 11.4 Å². The number of hydrogen-bond acceptors (Lipinski definition) is 3. The first-order valence-electron chi connectivity index (χ1n) is 11.6. The number of carbonyl (C=O) groups excluding carboxylic acids is 2. The predicted molar refractivity (Wildman–Crippen MR) is 138 cm³/mol. The van der Waals surface area contributed by atoms with Gasteiger partial charge in [-0.25, -0.2) is 9.48 Å². The standard InChI is InChI=1S/C27H35N5O2/c1-8-31(26(34)28-22-13-12-19(3)14-20(22)4)17-25(33)29-24-16-23(27(5,6)7)30-32(24)21-11-9-10-18(2)15-21/h9-16H,8,17H2,1-7H3,(H,28,34)(H,29,33). The van der Waals surface area contributed by atoms with Crippen LogP contribution in [0.15, 0.2) is 48.5 Å². The molecule has 3 amide bonds. The highest BCUT2D eigenvalue weighted by Crippen LogP contribution is 2.26. The Morgan fingerprint density at radius 2 is 1.68 bits per heavy atom. The summed E-state index contributed by atoms with van der Waals surface area (Å²) in [6.07, 6.45) is 0. The van der Waals surface area contributed by atoms with Gasteiger partial charge in [-0.15, -0.1) is 0 Å². The number of hydrogen-bond donors (Lipinski definition) is 2. The Balaban J connectivity index is 1.78. The van der Waals surface area contributed by atoms with Crippen molar-refractivity contribution in [3.8, 4) is 5.69 Å². The molecule has 0 aliphatic heterocycles. The summed E-state index contributed by atoms with van der Waals surface area (Å²) in [5, 5.41) is 10.6. The van der Waals surface area contributed by atoms with Gasteiger partial charge in [0.2, 0.25) is 5.91 Å². The van der Waals surface area contributed by atoms with E-state index in [-0.39, 0.29) is 23.9 Å². The number of urea groups is 1. The zero-order chi connectivity index (χ0) is 25.0. The Labute approximate surface area is 202 Å². The Morgan fingerprint density at radius 1 is 0.971 bits per heavy atom. The molecule has 0 unspecified atom stereocenters. The molecular weight excluding hydrogens is 426 g/mol. The van der Waals surface area contributed by atoms with E-state index in [9.17, 15) is 9.59 Å². The fraction of sp³-hybridized carbons (Fsp3) is 0.370. The van der Waals surface area contributed by atoms with Crippen molar-refractivity contribution >= 4 is 23.4 Å². The first-order valence-corrected chi connectivity index (χ1v) is 11.6. The number of aromatic nitrogens is 2. The number of carbonyl (C=O) groups is 2. The van der Waals surface area contributed by atoms with Crippen LogP contribution in [0.3, 0.4) is 0 Å². The summed E-state index contributed by atoms with van der Waals surface area (Å²) in [6, 6.07) is 15.4. The lowest BCUT2D eigenvalue weighted by molar-refractivity contribution is -0.116. The molecular formula is C27H35N5O2. The van der Waals surface area contributed by atoms with E-state index in [4.69, 9.17) is 5.10 Å². The van der Waals surface area contributed by atoms with Crippen LogP contribution in [0.1, 0.15) is 50.1 Å². The number of rotatable bonds is 6. The van der Waals surface area contributed by atoms with Crippen LogP contribution in [0.5, 0.6) is 0 Å². The van der Waals surface area contributed by atoms with Crippen LogP contribution < -0.4 is 10.6 Å². The number of anilines is 2. The van der Waals surface area contributed by atoms with Gasteiger partial charge in [0.25, 0.3) is 0 Å². The normalized spacial score (nSPS) is 11.3. The molecule has 0 aliphatic rings. The van der Waals surface area contributed by atoms with Gasteiger partial charge in [-0.05, 0) is 57.0 Å². The van der Waals surface area contributed by atoms with Crippen LogP contribution in [0.25, 0.3) is 5.69 Å². The zero-order valence-electron chi connectivity index (χ0n) is 21.2. The second kappa shape index (κ2) is 10.1. The van der Waals surface area contributed by atoms with Crippen LogP contribution in [-0.4, -0.2) is 39.7 Å². The molecule has 34 heavy (non-hydrogen) atoms. The molecule has 3 rings (SSSR count). The SMILES string of the molecule is CCN(CC(=O)Nc1cc(C(C)(C)C)nn1-c1cccc(C)c1)C(=O)Nc1ccc(C)cc1C. The minimum absolute atomic E-state index is 0.0723. The maximum Gasteiger partial charge on any atom is 0.322 e. The molecule has 0 saturated carbocycles. The summed E-state index contributed by atoms with van der Waals surface area (Å²) in [4.78, 5) is 27.3. The summed E-state index contributed by atoms with van der Waals surface area (Å²) in [7, 11) is 0. The Hall–Kier alpha value is -3.61. The lowest BCUT2D eigenvalue weighted by Gasteiger charge is -2.21. The highest BCUT2D eigenvalue weighted by atomic mass is 16.2.